The molecule has 39 heavy (non-hydrogen) atoms. The highest BCUT2D eigenvalue weighted by atomic mass is 32.2. The minimum absolute atomic E-state index is 0.230. The molecule has 4 rings (SSSR count). The van der Waals surface area contributed by atoms with E-state index >= 15 is 0 Å². The van der Waals surface area contributed by atoms with Gasteiger partial charge >= 0.3 is 11.9 Å². The molecular formula is C28H32N3O7S+. The second-order valence-electron chi connectivity index (χ2n) is 8.98. The third-order valence-corrected chi connectivity index (χ3v) is 8.06. The number of nitrogens with zero attached hydrogens (tertiary/aromatic N) is 2. The van der Waals surface area contributed by atoms with Gasteiger partial charge in [0.1, 0.15) is 5.75 Å². The van der Waals surface area contributed by atoms with Crippen LogP contribution in [0.3, 0.4) is 0 Å². The van der Waals surface area contributed by atoms with Crippen LogP contribution in [0.2, 0.25) is 0 Å². The predicted octanol–water partition coefficient (Wildman–Crippen LogP) is 3.61. The first kappa shape index (κ1) is 28.0. The molecule has 1 atom stereocenters. The zero-order valence-electron chi connectivity index (χ0n) is 22.8. The summed E-state index contributed by atoms with van der Waals surface area (Å²) < 4.78 is 22.7. The first-order valence-electron chi connectivity index (χ1n) is 12.3. The number of imide groups is 1. The minimum atomic E-state index is -0.654. The van der Waals surface area contributed by atoms with Gasteiger partial charge in [0, 0.05) is 12.6 Å². The van der Waals surface area contributed by atoms with Crippen LogP contribution < -0.4 is 29.2 Å². The van der Waals surface area contributed by atoms with Crippen LogP contribution in [-0.2, 0) is 16.0 Å². The van der Waals surface area contributed by atoms with Gasteiger partial charge < -0.3 is 24.3 Å². The fourth-order valence-corrected chi connectivity index (χ4v) is 5.78. The van der Waals surface area contributed by atoms with E-state index in [2.05, 4.69) is 5.32 Å². The van der Waals surface area contributed by atoms with Crippen molar-refractivity contribution < 1.29 is 37.9 Å². The van der Waals surface area contributed by atoms with E-state index in [4.69, 9.17) is 18.9 Å². The summed E-state index contributed by atoms with van der Waals surface area (Å²) in [4.78, 5) is 42.5. The molecule has 0 saturated heterocycles. The number of hydrogen-bond donors (Lipinski definition) is 1. The molecule has 206 valence electrons. The van der Waals surface area contributed by atoms with Crippen molar-refractivity contribution in [3.63, 3.8) is 0 Å². The summed E-state index contributed by atoms with van der Waals surface area (Å²) in [5.74, 6) is 0.689. The topological polar surface area (TPSA) is 106 Å². The second kappa shape index (κ2) is 11.8. The molecule has 2 heterocycles. The molecule has 0 aromatic heterocycles. The van der Waals surface area contributed by atoms with E-state index in [9.17, 15) is 14.4 Å². The summed E-state index contributed by atoms with van der Waals surface area (Å²) in [6.45, 7) is 3.90. The van der Waals surface area contributed by atoms with Crippen molar-refractivity contribution in [2.24, 2.45) is 5.92 Å². The molecule has 0 bridgehead atoms. The first-order valence-corrected chi connectivity index (χ1v) is 13.1. The number of thioether (sulfide) groups is 1. The number of allylic oxidation sites excluding steroid dienone is 1. The van der Waals surface area contributed by atoms with E-state index in [1.165, 1.54) is 30.6 Å². The lowest BCUT2D eigenvalue weighted by molar-refractivity contribution is -0.414. The van der Waals surface area contributed by atoms with Crippen molar-refractivity contribution >= 4 is 40.3 Å². The van der Waals surface area contributed by atoms with Gasteiger partial charge in [0.15, 0.2) is 40.4 Å². The Hall–Kier alpha value is -3.99. The Labute approximate surface area is 231 Å². The van der Waals surface area contributed by atoms with Crippen LogP contribution in [0.1, 0.15) is 19.4 Å². The van der Waals surface area contributed by atoms with Crippen LogP contribution in [0.15, 0.2) is 46.9 Å². The summed E-state index contributed by atoms with van der Waals surface area (Å²) in [6.07, 6.45) is 0.557. The first-order chi connectivity index (χ1) is 18.7. The smallest absolute Gasteiger partial charge is 0.497 e. The Morgan fingerprint density at radius 1 is 0.949 bits per heavy atom. The number of nitrogens with one attached hydrogen (secondary N) is 1. The fraction of sp³-hybridized carbons (Fsp3) is 0.357. The number of rotatable bonds is 10. The Kier molecular flexibility index (Phi) is 8.49. The molecule has 4 amide bonds. The van der Waals surface area contributed by atoms with Gasteiger partial charge in [-0.25, -0.2) is 4.79 Å². The maximum absolute atomic E-state index is 13.8. The number of urea groups is 1. The van der Waals surface area contributed by atoms with E-state index in [0.717, 1.165) is 20.9 Å². The Bertz CT molecular complexity index is 1390. The third kappa shape index (κ3) is 5.44. The molecule has 11 heteroatoms. The van der Waals surface area contributed by atoms with E-state index in [0.29, 0.717) is 41.0 Å². The van der Waals surface area contributed by atoms with E-state index in [1.54, 1.807) is 32.4 Å². The largest absolute Gasteiger partial charge is 0.507 e. The second-order valence-corrected chi connectivity index (χ2v) is 10.2. The highest BCUT2D eigenvalue weighted by Gasteiger charge is 2.54. The summed E-state index contributed by atoms with van der Waals surface area (Å²) in [6, 6.07) is 9.83. The van der Waals surface area contributed by atoms with Crippen LogP contribution in [0, 0.1) is 5.92 Å². The minimum Gasteiger partial charge on any atom is -0.497 e. The number of fused-ring (bicyclic) bond motifs is 1. The van der Waals surface area contributed by atoms with Crippen LogP contribution in [0.4, 0.5) is 10.5 Å². The Balaban J connectivity index is 1.56. The van der Waals surface area contributed by atoms with Gasteiger partial charge in [0.2, 0.25) is 0 Å². The summed E-state index contributed by atoms with van der Waals surface area (Å²) in [5, 5.41) is 3.43. The lowest BCUT2D eigenvalue weighted by atomic mass is 9.98. The number of benzene rings is 2. The molecule has 0 saturated carbocycles. The molecule has 0 fully saturated rings. The third-order valence-electron chi connectivity index (χ3n) is 6.76. The van der Waals surface area contributed by atoms with E-state index in [1.807, 2.05) is 32.0 Å². The summed E-state index contributed by atoms with van der Waals surface area (Å²) in [5.41, 5.74) is 2.10. The lowest BCUT2D eigenvalue weighted by Gasteiger charge is -2.25. The van der Waals surface area contributed by atoms with Gasteiger partial charge in [0.05, 0.1) is 28.4 Å². The van der Waals surface area contributed by atoms with Crippen LogP contribution in [-0.4, -0.2) is 69.0 Å². The monoisotopic (exact) mass is 554 g/mol. The summed E-state index contributed by atoms with van der Waals surface area (Å²) in [7, 11) is 6.12. The number of anilines is 1. The molecule has 1 unspecified atom stereocenters. The standard InChI is InChI=1S/C28H31N3O7S/c1-16-17(2)39-27-25(16)26(33)31(20-9-8-19(35-3)14-22(20)37-5)28(34)30(27)15-24(32)29-12-11-18-7-10-21(36-4)23(13-18)38-6/h7-10,13-14,25H,11-12,15H2,1-6H3/p+1. The van der Waals surface area contributed by atoms with E-state index < -0.39 is 11.9 Å². The van der Waals surface area contributed by atoms with Crippen molar-refractivity contribution in [3.05, 3.63) is 52.4 Å². The van der Waals surface area contributed by atoms with Crippen molar-refractivity contribution in [2.45, 2.75) is 20.3 Å². The molecule has 2 aromatic rings. The van der Waals surface area contributed by atoms with E-state index in [-0.39, 0.29) is 24.0 Å². The van der Waals surface area contributed by atoms with Crippen LogP contribution in [0.5, 0.6) is 23.0 Å². The number of carbonyl (C=O) groups is 3. The summed E-state index contributed by atoms with van der Waals surface area (Å²) >= 11 is 1.35. The highest BCUT2D eigenvalue weighted by Crippen LogP contribution is 2.43. The highest BCUT2D eigenvalue weighted by molar-refractivity contribution is 8.17. The Morgan fingerprint density at radius 2 is 1.67 bits per heavy atom. The van der Waals surface area contributed by atoms with Crippen molar-refractivity contribution in [1.82, 2.24) is 5.32 Å². The van der Waals surface area contributed by atoms with Gasteiger partial charge in [-0.1, -0.05) is 17.8 Å². The Morgan fingerprint density at radius 3 is 2.33 bits per heavy atom. The maximum Gasteiger partial charge on any atom is 0.507 e. The molecule has 2 aromatic carbocycles. The van der Waals surface area contributed by atoms with Gasteiger partial charge in [-0.2, -0.15) is 9.37 Å². The number of methoxy groups -OCH3 is 4. The quantitative estimate of drug-likeness (QED) is 0.444. The molecule has 0 radical (unpaired) electrons. The number of amides is 4. The van der Waals surface area contributed by atoms with Gasteiger partial charge in [0.25, 0.3) is 5.91 Å². The SMILES string of the molecule is COc1ccc(N2C(=O)C3C(C)=C(C)SC3=[N+](CC(=O)NCCc3ccc(OC)c(OC)c3)C2=O)c(OC)c1. The van der Waals surface area contributed by atoms with Gasteiger partial charge in [-0.05, 0) is 60.6 Å². The number of ether oxygens (including phenoxy) is 4. The van der Waals surface area contributed by atoms with Crippen molar-refractivity contribution in [1.29, 1.82) is 0 Å². The lowest BCUT2D eigenvalue weighted by Crippen LogP contribution is -2.55. The van der Waals surface area contributed by atoms with Crippen molar-refractivity contribution in [3.8, 4) is 23.0 Å². The molecule has 1 N–H and O–H groups in total. The molecular weight excluding hydrogens is 522 g/mol. The average molecular weight is 555 g/mol. The average Bonchev–Trinajstić information content (AvgIpc) is 3.24. The maximum atomic E-state index is 13.8. The molecule has 0 spiro atoms. The molecule has 10 nitrogen and oxygen atoms in total. The number of carbonyl (C=O) groups excluding carboxylic acids is 3. The molecule has 0 aliphatic carbocycles. The van der Waals surface area contributed by atoms with Crippen molar-refractivity contribution in [2.75, 3.05) is 46.4 Å². The normalized spacial score (nSPS) is 16.9. The van der Waals surface area contributed by atoms with Gasteiger partial charge in [-0.3, -0.25) is 4.79 Å². The molecule has 2 aliphatic heterocycles. The zero-order valence-corrected chi connectivity index (χ0v) is 23.6. The molecule has 2 aliphatic rings. The number of hydrogen-bond acceptors (Lipinski definition) is 8. The fourth-order valence-electron chi connectivity index (χ4n) is 4.54. The zero-order chi connectivity index (χ0) is 28.3. The predicted molar refractivity (Wildman–Crippen MR) is 148 cm³/mol. The van der Waals surface area contributed by atoms with Crippen LogP contribution in [0.25, 0.3) is 0 Å². The van der Waals surface area contributed by atoms with Crippen LogP contribution >= 0.6 is 11.8 Å². The van der Waals surface area contributed by atoms with Gasteiger partial charge in [-0.15, -0.1) is 4.90 Å².